The molecule has 4 heteroatoms. The van der Waals surface area contributed by atoms with Crippen LogP contribution in [0, 0.1) is 17.3 Å². The van der Waals surface area contributed by atoms with E-state index in [2.05, 4.69) is 0 Å². The van der Waals surface area contributed by atoms with Crippen LogP contribution in [0.1, 0.15) is 19.3 Å². The molecule has 0 amide bonds. The van der Waals surface area contributed by atoms with Crippen molar-refractivity contribution < 1.29 is 18.7 Å². The second-order valence-corrected chi connectivity index (χ2v) is 3.96. The Hall–Kier alpha value is -0.670. The molecule has 0 aromatic carbocycles. The van der Waals surface area contributed by atoms with Gasteiger partial charge in [0.05, 0.1) is 5.41 Å². The van der Waals surface area contributed by atoms with E-state index in [-0.39, 0.29) is 12.3 Å². The molecule has 3 aliphatic carbocycles. The summed E-state index contributed by atoms with van der Waals surface area (Å²) in [5, 5.41) is 8.77. The van der Waals surface area contributed by atoms with Crippen molar-refractivity contribution in [3.05, 3.63) is 0 Å². The second-order valence-electron chi connectivity index (χ2n) is 3.96. The fraction of sp³-hybridized carbons (Fsp3) is 0.875. The fourth-order valence-electron chi connectivity index (χ4n) is 2.59. The van der Waals surface area contributed by atoms with Crippen molar-refractivity contribution in [2.45, 2.75) is 25.7 Å². The summed E-state index contributed by atoms with van der Waals surface area (Å²) in [6.45, 7) is 0. The highest BCUT2D eigenvalue weighted by atomic mass is 19.3. The molecule has 2 bridgehead atoms. The lowest BCUT2D eigenvalue weighted by atomic mass is 9.69. The van der Waals surface area contributed by atoms with Crippen LogP contribution in [0.15, 0.2) is 0 Å². The number of carboxylic acid groups (broad SMARTS) is 1. The van der Waals surface area contributed by atoms with E-state index in [4.69, 9.17) is 5.11 Å². The van der Waals surface area contributed by atoms with Crippen molar-refractivity contribution >= 4 is 5.97 Å². The summed E-state index contributed by atoms with van der Waals surface area (Å²) in [4.78, 5) is 10.7. The maximum Gasteiger partial charge on any atom is 0.309 e. The first-order valence-electron chi connectivity index (χ1n) is 4.07. The molecular weight excluding hydrogens is 166 g/mol. The molecule has 1 N–H and O–H groups in total. The number of hydrogen-bond acceptors (Lipinski definition) is 1. The number of carbonyl (C=O) groups is 1. The number of rotatable bonds is 2. The largest absolute Gasteiger partial charge is 0.481 e. The zero-order valence-corrected chi connectivity index (χ0v) is 6.46. The summed E-state index contributed by atoms with van der Waals surface area (Å²) in [5.74, 6) is -1.57. The third-order valence-corrected chi connectivity index (χ3v) is 3.32. The van der Waals surface area contributed by atoms with Crippen LogP contribution >= 0.6 is 0 Å². The van der Waals surface area contributed by atoms with E-state index >= 15 is 0 Å². The van der Waals surface area contributed by atoms with Crippen LogP contribution < -0.4 is 0 Å². The van der Waals surface area contributed by atoms with Gasteiger partial charge < -0.3 is 5.11 Å². The van der Waals surface area contributed by atoms with Crippen molar-refractivity contribution in [1.29, 1.82) is 0 Å². The molecule has 3 fully saturated rings. The van der Waals surface area contributed by atoms with Crippen LogP contribution in [0.3, 0.4) is 0 Å². The fourth-order valence-corrected chi connectivity index (χ4v) is 2.59. The van der Waals surface area contributed by atoms with E-state index in [9.17, 15) is 13.6 Å². The van der Waals surface area contributed by atoms with Crippen LogP contribution in [0.25, 0.3) is 0 Å². The number of fused-ring (bicyclic) bond motifs is 1. The van der Waals surface area contributed by atoms with Gasteiger partial charge in [-0.05, 0) is 25.2 Å². The van der Waals surface area contributed by atoms with Gasteiger partial charge in [-0.2, -0.15) is 0 Å². The Bertz CT molecular complexity index is 221. The normalized spacial score (nSPS) is 44.6. The lowest BCUT2D eigenvalue weighted by molar-refractivity contribution is -0.153. The number of alkyl halides is 2. The zero-order chi connectivity index (χ0) is 8.93. The maximum atomic E-state index is 12.3. The van der Waals surface area contributed by atoms with Crippen molar-refractivity contribution in [1.82, 2.24) is 0 Å². The minimum Gasteiger partial charge on any atom is -0.481 e. The molecule has 0 aliphatic heterocycles. The summed E-state index contributed by atoms with van der Waals surface area (Å²) in [6, 6.07) is 0. The number of hydrogen-bond donors (Lipinski definition) is 1. The van der Waals surface area contributed by atoms with Gasteiger partial charge in [0.15, 0.2) is 0 Å². The molecule has 0 heterocycles. The van der Waals surface area contributed by atoms with E-state index in [1.165, 1.54) is 0 Å². The van der Waals surface area contributed by atoms with Crippen LogP contribution in [0.5, 0.6) is 0 Å². The quantitative estimate of drug-likeness (QED) is 0.695. The van der Waals surface area contributed by atoms with Crippen molar-refractivity contribution in [3.8, 4) is 0 Å². The molecule has 3 rings (SSSR count). The molecule has 3 saturated carbocycles. The van der Waals surface area contributed by atoms with E-state index < -0.39 is 23.7 Å². The van der Waals surface area contributed by atoms with Crippen LogP contribution in [0.2, 0.25) is 0 Å². The molecule has 68 valence electrons. The first-order valence-corrected chi connectivity index (χ1v) is 4.07. The SMILES string of the molecule is O=C(O)C12CC(C1)C(C(F)F)C2. The Morgan fingerprint density at radius 3 is 2.25 bits per heavy atom. The van der Waals surface area contributed by atoms with Gasteiger partial charge in [-0.1, -0.05) is 0 Å². The smallest absolute Gasteiger partial charge is 0.309 e. The Morgan fingerprint density at radius 1 is 1.42 bits per heavy atom. The van der Waals surface area contributed by atoms with E-state index in [1.807, 2.05) is 0 Å². The van der Waals surface area contributed by atoms with E-state index in [0.29, 0.717) is 12.8 Å². The zero-order valence-electron chi connectivity index (χ0n) is 6.46. The van der Waals surface area contributed by atoms with Crippen LogP contribution in [-0.4, -0.2) is 17.5 Å². The highest BCUT2D eigenvalue weighted by Crippen LogP contribution is 2.63. The first-order chi connectivity index (χ1) is 5.55. The predicted molar refractivity (Wildman–Crippen MR) is 36.9 cm³/mol. The maximum absolute atomic E-state index is 12.3. The molecule has 0 saturated heterocycles. The van der Waals surface area contributed by atoms with Gasteiger partial charge in [-0.3, -0.25) is 4.79 Å². The van der Waals surface area contributed by atoms with E-state index in [1.54, 1.807) is 0 Å². The van der Waals surface area contributed by atoms with Crippen molar-refractivity contribution in [3.63, 3.8) is 0 Å². The standard InChI is InChI=1S/C8H10F2O2/c9-6(10)5-3-8(7(11)12)1-4(5)2-8/h4-6H,1-3H2,(H,11,12). The van der Waals surface area contributed by atoms with Gasteiger partial charge in [0, 0.05) is 5.92 Å². The molecule has 3 aliphatic rings. The minimum atomic E-state index is -2.33. The average molecular weight is 176 g/mol. The molecule has 0 aromatic rings. The Labute approximate surface area is 68.6 Å². The molecule has 0 radical (unpaired) electrons. The minimum absolute atomic E-state index is 0.0268. The summed E-state index contributed by atoms with van der Waals surface area (Å²) >= 11 is 0. The molecule has 1 unspecified atom stereocenters. The molecule has 12 heavy (non-hydrogen) atoms. The van der Waals surface area contributed by atoms with Gasteiger partial charge in [-0.15, -0.1) is 0 Å². The molecule has 0 spiro atoms. The lowest BCUT2D eigenvalue weighted by Crippen LogP contribution is -2.36. The Balaban J connectivity index is 2.10. The number of aliphatic carboxylic acids is 1. The average Bonchev–Trinajstić information content (AvgIpc) is 2.36. The van der Waals surface area contributed by atoms with Gasteiger partial charge in [-0.25, -0.2) is 8.78 Å². The van der Waals surface area contributed by atoms with Crippen LogP contribution in [0.4, 0.5) is 8.78 Å². The molecule has 1 atom stereocenters. The number of halogens is 2. The third-order valence-electron chi connectivity index (χ3n) is 3.32. The first kappa shape index (κ1) is 7.95. The van der Waals surface area contributed by atoms with Crippen molar-refractivity contribution in [2.75, 3.05) is 0 Å². The Morgan fingerprint density at radius 2 is 2.00 bits per heavy atom. The summed E-state index contributed by atoms with van der Waals surface area (Å²) in [5.41, 5.74) is -0.772. The van der Waals surface area contributed by atoms with Gasteiger partial charge in [0.2, 0.25) is 6.43 Å². The highest BCUT2D eigenvalue weighted by Gasteiger charge is 2.62. The van der Waals surface area contributed by atoms with Crippen LogP contribution in [-0.2, 0) is 4.79 Å². The summed E-state index contributed by atoms with van der Waals surface area (Å²) in [7, 11) is 0. The molecular formula is C8H10F2O2. The van der Waals surface area contributed by atoms with Gasteiger partial charge in [0.25, 0.3) is 0 Å². The predicted octanol–water partition coefficient (Wildman–Crippen LogP) is 1.75. The topological polar surface area (TPSA) is 37.3 Å². The Kier molecular flexibility index (Phi) is 1.44. The number of carboxylic acids is 1. The van der Waals surface area contributed by atoms with Crippen molar-refractivity contribution in [2.24, 2.45) is 17.3 Å². The second kappa shape index (κ2) is 2.18. The monoisotopic (exact) mass is 176 g/mol. The van der Waals surface area contributed by atoms with E-state index in [0.717, 1.165) is 0 Å². The molecule has 0 aromatic heterocycles. The lowest BCUT2D eigenvalue weighted by Gasteiger charge is -2.34. The summed E-state index contributed by atoms with van der Waals surface area (Å²) in [6.07, 6.45) is -1.21. The van der Waals surface area contributed by atoms with Gasteiger partial charge in [0.1, 0.15) is 0 Å². The summed E-state index contributed by atoms with van der Waals surface area (Å²) < 4.78 is 24.5. The molecule has 2 nitrogen and oxygen atoms in total. The third kappa shape index (κ3) is 0.807. The highest BCUT2D eigenvalue weighted by molar-refractivity contribution is 5.76. The van der Waals surface area contributed by atoms with Gasteiger partial charge >= 0.3 is 5.97 Å².